The number of aryl methyl sites for hydroxylation is 1. The fraction of sp³-hybridized carbons (Fsp3) is 0.600. The largest absolute Gasteiger partial charge is 0.393 e. The van der Waals surface area contributed by atoms with Crippen LogP contribution in [0.5, 0.6) is 0 Å². The van der Waals surface area contributed by atoms with E-state index >= 15 is 4.39 Å². The minimum Gasteiger partial charge on any atom is -0.393 e. The number of anilines is 1. The molecule has 1 heterocycles. The van der Waals surface area contributed by atoms with Crippen LogP contribution in [-0.2, 0) is 14.4 Å². The van der Waals surface area contributed by atoms with Gasteiger partial charge in [0.15, 0.2) is 17.2 Å². The van der Waals surface area contributed by atoms with Crippen molar-refractivity contribution in [3.63, 3.8) is 0 Å². The number of nitrogens with zero attached hydrogens (tertiary/aromatic N) is 1. The maximum absolute atomic E-state index is 15.8. The maximum Gasteiger partial charge on any atom is 0.193 e. The number of carbonyl (C=O) groups is 2. The lowest BCUT2D eigenvalue weighted by Gasteiger charge is -2.64. The minimum atomic E-state index is -1.33. The first-order valence-corrected chi connectivity index (χ1v) is 13.4. The lowest BCUT2D eigenvalue weighted by molar-refractivity contribution is -0.216. The molecule has 9 unspecified atom stereocenters. The van der Waals surface area contributed by atoms with E-state index in [1.54, 1.807) is 11.1 Å². The fourth-order valence-electron chi connectivity index (χ4n) is 9.35. The van der Waals surface area contributed by atoms with E-state index in [0.717, 1.165) is 11.3 Å². The summed E-state index contributed by atoms with van der Waals surface area (Å²) in [6.07, 6.45) is 3.64. The Balaban J connectivity index is 1.46. The molecule has 4 aliphatic carbocycles. The number of aliphatic hydroxyl groups is 2. The fourth-order valence-corrected chi connectivity index (χ4v) is 9.35. The first-order chi connectivity index (χ1) is 17.4. The van der Waals surface area contributed by atoms with Crippen LogP contribution >= 0.6 is 0 Å². The molecule has 5 aliphatic rings. The Bertz CT molecular complexity index is 1240. The van der Waals surface area contributed by atoms with Crippen molar-refractivity contribution in [3.8, 4) is 0 Å². The van der Waals surface area contributed by atoms with Crippen LogP contribution in [0.25, 0.3) is 0 Å². The highest BCUT2D eigenvalue weighted by Gasteiger charge is 2.79. The van der Waals surface area contributed by atoms with E-state index in [-0.39, 0.29) is 42.2 Å². The number of Topliss-reactive ketones (excluding diaryl/α,β-unsaturated/α-hetero) is 1. The van der Waals surface area contributed by atoms with Gasteiger partial charge in [-0.05, 0) is 72.9 Å². The average Bonchev–Trinajstić information content (AvgIpc) is 3.31. The molecule has 9 atom stereocenters. The Morgan fingerprint density at radius 3 is 2.70 bits per heavy atom. The summed E-state index contributed by atoms with van der Waals surface area (Å²) >= 11 is 0. The normalized spacial score (nSPS) is 46.1. The first kappa shape index (κ1) is 25.0. The molecule has 37 heavy (non-hydrogen) atoms. The number of allylic oxidation sites excluding steroid dienone is 4. The van der Waals surface area contributed by atoms with Crippen molar-refractivity contribution in [2.24, 2.45) is 34.0 Å². The highest BCUT2D eigenvalue weighted by atomic mass is 19.1. The zero-order valence-corrected chi connectivity index (χ0v) is 21.9. The molecule has 6 nitrogen and oxygen atoms in total. The quantitative estimate of drug-likeness (QED) is 0.643. The molecule has 3 saturated carbocycles. The number of hydrogen-bond donors (Lipinski definition) is 2. The summed E-state index contributed by atoms with van der Waals surface area (Å²) in [4.78, 5) is 32.5. The molecule has 1 aromatic carbocycles. The van der Waals surface area contributed by atoms with Gasteiger partial charge in [-0.3, -0.25) is 19.5 Å². The number of fused-ring (bicyclic) bond motifs is 7. The number of benzene rings is 1. The topological polar surface area (TPSA) is 87.1 Å². The summed E-state index contributed by atoms with van der Waals surface area (Å²) in [6.45, 7) is 7.88. The van der Waals surface area contributed by atoms with Gasteiger partial charge in [-0.25, -0.2) is 4.39 Å². The third kappa shape index (κ3) is 2.96. The molecule has 0 spiro atoms. The van der Waals surface area contributed by atoms with Gasteiger partial charge in [0, 0.05) is 22.7 Å². The summed E-state index contributed by atoms with van der Waals surface area (Å²) in [5.74, 6) is -1.35. The Hall–Kier alpha value is -2.35. The highest BCUT2D eigenvalue weighted by Crippen LogP contribution is 2.76. The molecule has 2 N–H and O–H groups in total. The standard InChI is InChI=1S/C30H36FNO5/c1-17-6-5-7-19(10-17)32-15-18-13-28(3)22-12-23(31)21-11-20(34)8-9-27(21,2)26(22)24(35)14-29(28,4)30(18,37-32)25(36)16-33/h5-11,18,22-24,26,33,35H,12-16H2,1-4H3. The van der Waals surface area contributed by atoms with Crippen molar-refractivity contribution < 1.29 is 29.0 Å². The number of hydrogen-bond acceptors (Lipinski definition) is 6. The lowest BCUT2D eigenvalue weighted by atomic mass is 9.41. The van der Waals surface area contributed by atoms with E-state index in [9.17, 15) is 19.8 Å². The van der Waals surface area contributed by atoms with Gasteiger partial charge in [0.25, 0.3) is 0 Å². The van der Waals surface area contributed by atoms with Crippen LogP contribution in [0.4, 0.5) is 10.1 Å². The van der Waals surface area contributed by atoms with Gasteiger partial charge in [-0.1, -0.05) is 39.0 Å². The lowest BCUT2D eigenvalue weighted by Crippen LogP contribution is -2.67. The number of hydroxylamine groups is 1. The summed E-state index contributed by atoms with van der Waals surface area (Å²) < 4.78 is 15.8. The Kier molecular flexibility index (Phi) is 5.29. The molecule has 6 rings (SSSR count). The third-order valence-electron chi connectivity index (χ3n) is 11.1. The van der Waals surface area contributed by atoms with Gasteiger partial charge < -0.3 is 10.2 Å². The van der Waals surface area contributed by atoms with Crippen molar-refractivity contribution in [1.29, 1.82) is 0 Å². The molecule has 0 bridgehead atoms. The average molecular weight is 510 g/mol. The molecule has 0 radical (unpaired) electrons. The van der Waals surface area contributed by atoms with Crippen molar-refractivity contribution in [2.75, 3.05) is 18.2 Å². The molecule has 0 aromatic heterocycles. The van der Waals surface area contributed by atoms with Gasteiger partial charge in [-0.15, -0.1) is 0 Å². The number of carbonyl (C=O) groups excluding carboxylic acids is 2. The third-order valence-corrected chi connectivity index (χ3v) is 11.1. The second kappa shape index (κ2) is 7.84. The Morgan fingerprint density at radius 2 is 2.00 bits per heavy atom. The van der Waals surface area contributed by atoms with Gasteiger partial charge in [-0.2, -0.15) is 0 Å². The minimum absolute atomic E-state index is 0.189. The SMILES string of the molecule is Cc1cccc(N2CC3CC4(C)C5CC(F)C6=CC(=O)C=CC6(C)C5C(O)CC4(C)C3(C(=O)CO)O2)c1. The van der Waals surface area contributed by atoms with Crippen molar-refractivity contribution >= 4 is 17.3 Å². The molecular weight excluding hydrogens is 473 g/mol. The van der Waals surface area contributed by atoms with E-state index in [1.807, 2.05) is 45.0 Å². The van der Waals surface area contributed by atoms with Crippen molar-refractivity contribution in [1.82, 2.24) is 0 Å². The van der Waals surface area contributed by atoms with Gasteiger partial charge >= 0.3 is 0 Å². The van der Waals surface area contributed by atoms with Crippen LogP contribution in [-0.4, -0.2) is 52.8 Å². The molecule has 1 aromatic rings. The van der Waals surface area contributed by atoms with Crippen LogP contribution in [0.2, 0.25) is 0 Å². The van der Waals surface area contributed by atoms with E-state index < -0.39 is 40.7 Å². The number of rotatable bonds is 3. The number of aliphatic hydroxyl groups excluding tert-OH is 2. The summed E-state index contributed by atoms with van der Waals surface area (Å²) in [5, 5.41) is 23.7. The summed E-state index contributed by atoms with van der Waals surface area (Å²) in [7, 11) is 0. The maximum atomic E-state index is 15.8. The zero-order valence-electron chi connectivity index (χ0n) is 21.9. The second-order valence-corrected chi connectivity index (χ2v) is 12.7. The monoisotopic (exact) mass is 509 g/mol. The smallest absolute Gasteiger partial charge is 0.193 e. The second-order valence-electron chi connectivity index (χ2n) is 12.7. The van der Waals surface area contributed by atoms with Gasteiger partial charge in [0.1, 0.15) is 12.8 Å². The molecule has 1 aliphatic heterocycles. The van der Waals surface area contributed by atoms with E-state index in [2.05, 4.69) is 6.92 Å². The first-order valence-electron chi connectivity index (χ1n) is 13.4. The molecule has 0 amide bonds. The Labute approximate surface area is 217 Å². The van der Waals surface area contributed by atoms with Crippen LogP contribution < -0.4 is 5.06 Å². The van der Waals surface area contributed by atoms with Gasteiger partial charge in [0.05, 0.1) is 18.3 Å². The number of alkyl halides is 1. The van der Waals surface area contributed by atoms with E-state index in [0.29, 0.717) is 18.5 Å². The van der Waals surface area contributed by atoms with Crippen LogP contribution in [0, 0.1) is 40.9 Å². The van der Waals surface area contributed by atoms with E-state index in [4.69, 9.17) is 4.84 Å². The van der Waals surface area contributed by atoms with Gasteiger partial charge in [0.2, 0.25) is 0 Å². The number of halogens is 1. The molecular formula is C30H36FNO5. The van der Waals surface area contributed by atoms with Crippen LogP contribution in [0.15, 0.2) is 48.1 Å². The molecule has 4 fully saturated rings. The zero-order chi connectivity index (χ0) is 26.5. The predicted octanol–water partition coefficient (Wildman–Crippen LogP) is 3.89. The highest BCUT2D eigenvalue weighted by molar-refractivity contribution is 6.01. The molecule has 1 saturated heterocycles. The molecule has 198 valence electrons. The van der Waals surface area contributed by atoms with Crippen LogP contribution in [0.3, 0.4) is 0 Å². The number of ketones is 2. The van der Waals surface area contributed by atoms with Crippen LogP contribution in [0.1, 0.15) is 45.6 Å². The van der Waals surface area contributed by atoms with Crippen molar-refractivity contribution in [2.45, 2.75) is 64.8 Å². The molecule has 7 heteroatoms. The van der Waals surface area contributed by atoms with E-state index in [1.165, 1.54) is 12.2 Å². The summed E-state index contributed by atoms with van der Waals surface area (Å²) in [5.41, 5.74) is -1.10. The van der Waals surface area contributed by atoms with Crippen molar-refractivity contribution in [3.05, 3.63) is 53.6 Å². The Morgan fingerprint density at radius 1 is 1.24 bits per heavy atom. The predicted molar refractivity (Wildman–Crippen MR) is 136 cm³/mol. The summed E-state index contributed by atoms with van der Waals surface area (Å²) in [6, 6.07) is 7.89.